The summed E-state index contributed by atoms with van der Waals surface area (Å²) in [6.07, 6.45) is -4.20. The van der Waals surface area contributed by atoms with Crippen LogP contribution in [0.5, 0.6) is 0 Å². The summed E-state index contributed by atoms with van der Waals surface area (Å²) in [6, 6.07) is 1.14. The minimum Gasteiger partial charge on any atom is -0.772 e. The molecule has 11 heteroatoms. The number of halogens is 4. The average Bonchev–Trinajstić information content (AvgIpc) is 3.31. The number of carbonyl (C=O) groups is 1. The zero-order valence-electron chi connectivity index (χ0n) is 13.2. The largest absolute Gasteiger partial charge is 0.772 e. The molecule has 142 valence electrons. The molecule has 1 aliphatic rings. The van der Waals surface area contributed by atoms with Crippen molar-refractivity contribution in [1.29, 1.82) is 5.26 Å². The molecule has 0 aliphatic heterocycles. The van der Waals surface area contributed by atoms with Gasteiger partial charge in [-0.1, -0.05) is 23.2 Å². The highest BCUT2D eigenvalue weighted by Crippen LogP contribution is 2.35. The van der Waals surface area contributed by atoms with E-state index < -0.39 is 52.4 Å². The first-order valence-corrected chi connectivity index (χ1v) is 8.68. The van der Waals surface area contributed by atoms with Gasteiger partial charge in [0.2, 0.25) is 5.91 Å². The molecule has 2 rings (SSSR count). The zero-order chi connectivity index (χ0) is 19.5. The van der Waals surface area contributed by atoms with E-state index >= 15 is 0 Å². The Morgan fingerprint density at radius 3 is 2.35 bits per heavy atom. The van der Waals surface area contributed by atoms with Gasteiger partial charge in [-0.05, 0) is 30.5 Å². The Labute approximate surface area is 148 Å². The fourth-order valence-electron chi connectivity index (χ4n) is 2.28. The van der Waals surface area contributed by atoms with Gasteiger partial charge in [-0.15, -0.1) is 0 Å². The normalized spacial score (nSPS) is 19.1. The molecule has 1 aromatic rings. The van der Waals surface area contributed by atoms with Crippen LogP contribution >= 0.6 is 0 Å². The van der Waals surface area contributed by atoms with Gasteiger partial charge in [0.15, 0.2) is 0 Å². The van der Waals surface area contributed by atoms with Gasteiger partial charge in [-0.25, -0.2) is 4.39 Å². The van der Waals surface area contributed by atoms with Crippen LogP contribution in [0.25, 0.3) is 0 Å². The van der Waals surface area contributed by atoms with Gasteiger partial charge < -0.3 is 9.87 Å². The summed E-state index contributed by atoms with van der Waals surface area (Å²) in [5, 5.41) is 13.2. The topological polar surface area (TPSA) is 105 Å². The van der Waals surface area contributed by atoms with Crippen molar-refractivity contribution in [3.8, 4) is 6.07 Å². The van der Waals surface area contributed by atoms with Gasteiger partial charge in [0.05, 0.1) is 12.1 Å². The number of alkyl halides is 3. The minimum atomic E-state index is -4.87. The lowest BCUT2D eigenvalue weighted by Crippen LogP contribution is -2.53. The summed E-state index contributed by atoms with van der Waals surface area (Å²) in [6.45, 7) is 0. The maximum atomic E-state index is 13.4. The van der Waals surface area contributed by atoms with Crippen LogP contribution in [0.3, 0.4) is 0 Å². The number of nitrogens with zero attached hydrogens (tertiary/aromatic N) is 1. The lowest BCUT2D eigenvalue weighted by Gasteiger charge is -2.28. The predicted molar refractivity (Wildman–Crippen MR) is 81.6 cm³/mol. The summed E-state index contributed by atoms with van der Waals surface area (Å²) < 4.78 is 75.1. The van der Waals surface area contributed by atoms with Gasteiger partial charge in [0.25, 0.3) is 0 Å². The first-order valence-electron chi connectivity index (χ1n) is 7.44. The van der Waals surface area contributed by atoms with E-state index in [9.17, 15) is 31.1 Å². The number of hydrogen-bond acceptors (Lipinski definition) is 5. The van der Waals surface area contributed by atoms with Crippen LogP contribution in [0.2, 0.25) is 0 Å². The molecule has 26 heavy (non-hydrogen) atoms. The van der Waals surface area contributed by atoms with Gasteiger partial charge in [0, 0.05) is 5.75 Å². The maximum Gasteiger partial charge on any atom is 0.407 e. The number of carbonyl (C=O) groups excluding carboxylic acids is 1. The molecule has 0 heterocycles. The fourth-order valence-corrected chi connectivity index (χ4v) is 2.80. The Morgan fingerprint density at radius 2 is 1.92 bits per heavy atom. The molecule has 0 bridgehead atoms. The van der Waals surface area contributed by atoms with Crippen molar-refractivity contribution in [3.05, 3.63) is 35.6 Å². The Kier molecular flexibility index (Phi) is 6.00. The summed E-state index contributed by atoms with van der Waals surface area (Å²) in [4.78, 5) is 12.2. The molecule has 3 atom stereocenters. The number of rotatable bonds is 7. The van der Waals surface area contributed by atoms with Crippen LogP contribution in [-0.4, -0.2) is 38.2 Å². The molecule has 0 radical (unpaired) electrons. The van der Waals surface area contributed by atoms with Gasteiger partial charge >= 0.3 is 6.18 Å². The van der Waals surface area contributed by atoms with E-state index in [0.717, 1.165) is 24.3 Å². The van der Waals surface area contributed by atoms with Crippen molar-refractivity contribution in [2.45, 2.75) is 36.6 Å². The molecule has 6 nitrogen and oxygen atoms in total. The van der Waals surface area contributed by atoms with Crippen molar-refractivity contribution >= 4 is 17.0 Å². The molecule has 0 aromatic heterocycles. The standard InChI is InChI=1S/C15H15F4N3O3S/c16-10-3-1-9(2-4-10)12(15(17,18)19)21-11(7-26(24)25)13(23)22-14(8-20)5-6-14/h1-4,11-12,21H,5-7H2,(H,22,23)(H,24,25)/p-1/t11?,12-/m1/s1. The van der Waals surface area contributed by atoms with Gasteiger partial charge in [0.1, 0.15) is 17.4 Å². The quantitative estimate of drug-likeness (QED) is 0.540. The SMILES string of the molecule is N#CC1(NC(=O)C(CS(=O)[O-])N[C@H](c2ccc(F)cc2)C(F)(F)F)CC1. The fraction of sp³-hybridized carbons (Fsp3) is 0.467. The Hall–Kier alpha value is -2.03. The van der Waals surface area contributed by atoms with Crippen LogP contribution in [0.1, 0.15) is 24.4 Å². The molecule has 1 amide bonds. The molecule has 0 spiro atoms. The monoisotopic (exact) mass is 392 g/mol. The Morgan fingerprint density at radius 1 is 1.35 bits per heavy atom. The van der Waals surface area contributed by atoms with E-state index in [2.05, 4.69) is 5.32 Å². The number of nitrogens with one attached hydrogen (secondary N) is 2. The second-order valence-corrected chi connectivity index (χ2v) is 6.84. The van der Waals surface area contributed by atoms with Crippen LogP contribution in [0.4, 0.5) is 17.6 Å². The molecule has 0 saturated heterocycles. The highest BCUT2D eigenvalue weighted by molar-refractivity contribution is 7.79. The summed E-state index contributed by atoms with van der Waals surface area (Å²) >= 11 is -2.81. The summed E-state index contributed by atoms with van der Waals surface area (Å²) in [5.41, 5.74) is -1.54. The third-order valence-electron chi connectivity index (χ3n) is 3.84. The number of hydrogen-bond donors (Lipinski definition) is 2. The van der Waals surface area contributed by atoms with Crippen LogP contribution in [-0.2, 0) is 15.9 Å². The highest BCUT2D eigenvalue weighted by Gasteiger charge is 2.47. The molecule has 2 unspecified atom stereocenters. The molecule has 1 aliphatic carbocycles. The third kappa shape index (κ3) is 5.23. The van der Waals surface area contributed by atoms with Gasteiger partial charge in [-0.2, -0.15) is 18.4 Å². The van der Waals surface area contributed by atoms with E-state index in [4.69, 9.17) is 5.26 Å². The molecular formula is C15H14F4N3O3S-. The van der Waals surface area contributed by atoms with E-state index in [1.807, 2.05) is 11.4 Å². The molecule has 1 fully saturated rings. The number of amides is 1. The van der Waals surface area contributed by atoms with E-state index in [1.54, 1.807) is 0 Å². The zero-order valence-corrected chi connectivity index (χ0v) is 14.0. The van der Waals surface area contributed by atoms with Crippen molar-refractivity contribution in [2.75, 3.05) is 5.75 Å². The average molecular weight is 392 g/mol. The highest BCUT2D eigenvalue weighted by atomic mass is 32.2. The van der Waals surface area contributed by atoms with Crippen molar-refractivity contribution < 1.29 is 31.1 Å². The second-order valence-electron chi connectivity index (χ2n) is 5.90. The second kappa shape index (κ2) is 7.69. The van der Waals surface area contributed by atoms with E-state index in [0.29, 0.717) is 12.8 Å². The smallest absolute Gasteiger partial charge is 0.407 e. The predicted octanol–water partition coefficient (Wildman–Crippen LogP) is 1.44. The van der Waals surface area contributed by atoms with Crippen molar-refractivity contribution in [3.63, 3.8) is 0 Å². The first-order chi connectivity index (χ1) is 12.1. The van der Waals surface area contributed by atoms with Crippen LogP contribution in [0, 0.1) is 17.1 Å². The molecule has 1 aromatic carbocycles. The van der Waals surface area contributed by atoms with Crippen molar-refractivity contribution in [1.82, 2.24) is 10.6 Å². The third-order valence-corrected chi connectivity index (χ3v) is 4.45. The lowest BCUT2D eigenvalue weighted by molar-refractivity contribution is -0.160. The van der Waals surface area contributed by atoms with E-state index in [1.165, 1.54) is 0 Å². The number of benzene rings is 1. The Bertz CT molecular complexity index is 729. The molecule has 2 N–H and O–H groups in total. The van der Waals surface area contributed by atoms with Crippen LogP contribution < -0.4 is 10.6 Å². The number of nitriles is 1. The minimum absolute atomic E-state index is 0.336. The summed E-state index contributed by atoms with van der Waals surface area (Å²) in [5.74, 6) is -2.68. The van der Waals surface area contributed by atoms with Gasteiger partial charge in [-0.3, -0.25) is 14.3 Å². The molecular weight excluding hydrogens is 378 g/mol. The lowest BCUT2D eigenvalue weighted by atomic mass is 10.0. The van der Waals surface area contributed by atoms with E-state index in [-0.39, 0.29) is 5.56 Å². The Balaban J connectivity index is 2.24. The van der Waals surface area contributed by atoms with Crippen molar-refractivity contribution in [2.24, 2.45) is 0 Å². The maximum absolute atomic E-state index is 13.4. The van der Waals surface area contributed by atoms with Crippen LogP contribution in [0.15, 0.2) is 24.3 Å². The summed E-state index contributed by atoms with van der Waals surface area (Å²) in [7, 11) is 0. The first kappa shape index (κ1) is 20.3. The molecule has 1 saturated carbocycles.